The maximum Gasteiger partial charge on any atom is 0.0471 e. The van der Waals surface area contributed by atoms with Gasteiger partial charge in [0.1, 0.15) is 0 Å². The van der Waals surface area contributed by atoms with E-state index in [2.05, 4.69) is 49.2 Å². The summed E-state index contributed by atoms with van der Waals surface area (Å²) in [6.07, 6.45) is 2.51. The van der Waals surface area contributed by atoms with Crippen LogP contribution in [0.15, 0.2) is 18.2 Å². The molecule has 19 heavy (non-hydrogen) atoms. The van der Waals surface area contributed by atoms with E-state index < -0.39 is 0 Å². The number of hydrogen-bond donors (Lipinski definition) is 1. The third-order valence-electron chi connectivity index (χ3n) is 4.08. The van der Waals surface area contributed by atoms with Crippen molar-refractivity contribution in [3.05, 3.63) is 28.8 Å². The van der Waals surface area contributed by atoms with E-state index in [4.69, 9.17) is 11.6 Å². The van der Waals surface area contributed by atoms with Crippen molar-refractivity contribution >= 4 is 17.3 Å². The van der Waals surface area contributed by atoms with Gasteiger partial charge in [-0.05, 0) is 42.5 Å². The van der Waals surface area contributed by atoms with Crippen molar-refractivity contribution in [2.45, 2.75) is 40.2 Å². The summed E-state index contributed by atoms with van der Waals surface area (Å²) in [5, 5.41) is 4.20. The number of hydrogen-bond acceptors (Lipinski definition) is 2. The fourth-order valence-electron chi connectivity index (χ4n) is 2.51. The molecule has 0 aliphatic carbocycles. The first-order chi connectivity index (χ1) is 9.02. The van der Waals surface area contributed by atoms with Gasteiger partial charge in [-0.15, -0.1) is 0 Å². The number of halogens is 1. The summed E-state index contributed by atoms with van der Waals surface area (Å²) in [7, 11) is 0. The lowest BCUT2D eigenvalue weighted by molar-refractivity contribution is 0.280. The summed E-state index contributed by atoms with van der Waals surface area (Å²) in [5.41, 5.74) is 2.94. The second-order valence-electron chi connectivity index (χ2n) is 6.21. The monoisotopic (exact) mass is 280 g/mol. The first kappa shape index (κ1) is 14.7. The second-order valence-corrected chi connectivity index (χ2v) is 6.61. The molecule has 0 amide bonds. The standard InChI is InChI=1S/C16H25ClN2/c1-4-18-12-13-5-6-14(11-15(13)17)19-9-7-16(2,3)8-10-19/h5-6,11,18H,4,7-10,12H2,1-3H3. The Labute approximate surface area is 122 Å². The van der Waals surface area contributed by atoms with Gasteiger partial charge in [-0.1, -0.05) is 38.4 Å². The Morgan fingerprint density at radius 3 is 2.53 bits per heavy atom. The van der Waals surface area contributed by atoms with Gasteiger partial charge in [0, 0.05) is 30.3 Å². The van der Waals surface area contributed by atoms with E-state index in [-0.39, 0.29) is 0 Å². The van der Waals surface area contributed by atoms with Crippen molar-refractivity contribution in [1.29, 1.82) is 0 Å². The highest BCUT2D eigenvalue weighted by Crippen LogP contribution is 2.33. The minimum Gasteiger partial charge on any atom is -0.371 e. The lowest BCUT2D eigenvalue weighted by Crippen LogP contribution is -2.37. The molecule has 1 aliphatic rings. The minimum atomic E-state index is 0.491. The average molecular weight is 281 g/mol. The van der Waals surface area contributed by atoms with E-state index in [0.29, 0.717) is 5.41 Å². The summed E-state index contributed by atoms with van der Waals surface area (Å²) in [6.45, 7) is 10.9. The third-order valence-corrected chi connectivity index (χ3v) is 4.44. The Kier molecular flexibility index (Phi) is 4.75. The summed E-state index contributed by atoms with van der Waals surface area (Å²) in [4.78, 5) is 2.45. The quantitative estimate of drug-likeness (QED) is 0.894. The maximum atomic E-state index is 6.37. The fourth-order valence-corrected chi connectivity index (χ4v) is 2.75. The predicted octanol–water partition coefficient (Wildman–Crippen LogP) is 4.08. The maximum absolute atomic E-state index is 6.37. The molecule has 1 fully saturated rings. The summed E-state index contributed by atoms with van der Waals surface area (Å²) in [6, 6.07) is 6.48. The smallest absolute Gasteiger partial charge is 0.0471 e. The van der Waals surface area contributed by atoms with Crippen LogP contribution in [0.3, 0.4) is 0 Å². The van der Waals surface area contributed by atoms with Crippen molar-refractivity contribution in [3.63, 3.8) is 0 Å². The van der Waals surface area contributed by atoms with Crippen LogP contribution in [-0.4, -0.2) is 19.6 Å². The van der Waals surface area contributed by atoms with Crippen LogP contribution in [0, 0.1) is 5.41 Å². The van der Waals surface area contributed by atoms with Crippen LogP contribution in [0.4, 0.5) is 5.69 Å². The van der Waals surface area contributed by atoms with Crippen LogP contribution < -0.4 is 10.2 Å². The van der Waals surface area contributed by atoms with Crippen LogP contribution in [0.5, 0.6) is 0 Å². The molecule has 1 aromatic rings. The Morgan fingerprint density at radius 1 is 1.26 bits per heavy atom. The number of benzene rings is 1. The van der Waals surface area contributed by atoms with E-state index in [9.17, 15) is 0 Å². The zero-order valence-electron chi connectivity index (χ0n) is 12.3. The molecular weight excluding hydrogens is 256 g/mol. The molecule has 0 atom stereocenters. The van der Waals surface area contributed by atoms with Gasteiger partial charge in [-0.25, -0.2) is 0 Å². The van der Waals surface area contributed by atoms with Gasteiger partial charge < -0.3 is 10.2 Å². The average Bonchev–Trinajstić information content (AvgIpc) is 2.37. The van der Waals surface area contributed by atoms with Crippen molar-refractivity contribution in [2.75, 3.05) is 24.5 Å². The lowest BCUT2D eigenvalue weighted by atomic mass is 9.82. The molecule has 2 nitrogen and oxygen atoms in total. The molecule has 0 bridgehead atoms. The molecule has 0 aromatic heterocycles. The van der Waals surface area contributed by atoms with Gasteiger partial charge >= 0.3 is 0 Å². The van der Waals surface area contributed by atoms with Crippen molar-refractivity contribution in [3.8, 4) is 0 Å². The van der Waals surface area contributed by atoms with Crippen molar-refractivity contribution in [1.82, 2.24) is 5.32 Å². The minimum absolute atomic E-state index is 0.491. The Balaban J connectivity index is 2.04. The first-order valence-corrected chi connectivity index (χ1v) is 7.64. The van der Waals surface area contributed by atoms with Gasteiger partial charge in [0.05, 0.1) is 0 Å². The molecule has 1 N–H and O–H groups in total. The highest BCUT2D eigenvalue weighted by molar-refractivity contribution is 6.31. The lowest BCUT2D eigenvalue weighted by Gasteiger charge is -2.38. The van der Waals surface area contributed by atoms with Crippen LogP contribution in [0.1, 0.15) is 39.2 Å². The molecule has 0 unspecified atom stereocenters. The molecule has 2 rings (SSSR count). The van der Waals surface area contributed by atoms with E-state index >= 15 is 0 Å². The zero-order valence-corrected chi connectivity index (χ0v) is 13.1. The van der Waals surface area contributed by atoms with E-state index in [1.807, 2.05) is 0 Å². The van der Waals surface area contributed by atoms with Gasteiger partial charge in [0.2, 0.25) is 0 Å². The highest BCUT2D eigenvalue weighted by atomic mass is 35.5. The molecule has 0 saturated carbocycles. The number of nitrogens with zero attached hydrogens (tertiary/aromatic N) is 1. The second kappa shape index (κ2) is 6.15. The van der Waals surface area contributed by atoms with Crippen molar-refractivity contribution in [2.24, 2.45) is 5.41 Å². The van der Waals surface area contributed by atoms with Gasteiger partial charge in [0.15, 0.2) is 0 Å². The molecule has 1 aliphatic heterocycles. The Morgan fingerprint density at radius 2 is 1.95 bits per heavy atom. The van der Waals surface area contributed by atoms with E-state index in [1.165, 1.54) is 24.1 Å². The molecule has 1 saturated heterocycles. The summed E-state index contributed by atoms with van der Waals surface area (Å²) >= 11 is 6.37. The topological polar surface area (TPSA) is 15.3 Å². The Bertz CT molecular complexity index is 419. The number of nitrogens with one attached hydrogen (secondary N) is 1. The van der Waals surface area contributed by atoms with Crippen LogP contribution in [-0.2, 0) is 6.54 Å². The van der Waals surface area contributed by atoms with Gasteiger partial charge in [-0.3, -0.25) is 0 Å². The molecule has 1 aromatic carbocycles. The summed E-state index contributed by atoms with van der Waals surface area (Å²) < 4.78 is 0. The first-order valence-electron chi connectivity index (χ1n) is 7.26. The van der Waals surface area contributed by atoms with Crippen LogP contribution in [0.25, 0.3) is 0 Å². The predicted molar refractivity (Wildman–Crippen MR) is 84.1 cm³/mol. The number of piperidine rings is 1. The normalized spacial score (nSPS) is 18.6. The SMILES string of the molecule is CCNCc1ccc(N2CCC(C)(C)CC2)cc1Cl. The van der Waals surface area contributed by atoms with Crippen LogP contribution >= 0.6 is 11.6 Å². The largest absolute Gasteiger partial charge is 0.371 e. The van der Waals surface area contributed by atoms with Gasteiger partial charge in [0.25, 0.3) is 0 Å². The molecule has 0 spiro atoms. The summed E-state index contributed by atoms with van der Waals surface area (Å²) in [5.74, 6) is 0. The number of anilines is 1. The van der Waals surface area contributed by atoms with Gasteiger partial charge in [-0.2, -0.15) is 0 Å². The fraction of sp³-hybridized carbons (Fsp3) is 0.625. The van der Waals surface area contributed by atoms with E-state index in [1.54, 1.807) is 0 Å². The molecule has 0 radical (unpaired) electrons. The molecular formula is C16H25ClN2. The molecule has 3 heteroatoms. The molecule has 1 heterocycles. The number of rotatable bonds is 4. The third kappa shape index (κ3) is 3.87. The van der Waals surface area contributed by atoms with E-state index in [0.717, 1.165) is 31.2 Å². The van der Waals surface area contributed by atoms with Crippen molar-refractivity contribution < 1.29 is 0 Å². The highest BCUT2D eigenvalue weighted by Gasteiger charge is 2.25. The Hall–Kier alpha value is -0.730. The molecule has 106 valence electrons. The van der Waals surface area contributed by atoms with Crippen LogP contribution in [0.2, 0.25) is 5.02 Å². The zero-order chi connectivity index (χ0) is 13.9.